The summed E-state index contributed by atoms with van der Waals surface area (Å²) in [6.45, 7) is 3.93. The van der Waals surface area contributed by atoms with Crippen LogP contribution in [-0.4, -0.2) is 18.6 Å². The molecular formula is C19H24ClFN2O2. The predicted octanol–water partition coefficient (Wildman–Crippen LogP) is 3.47. The fraction of sp³-hybridized carbons (Fsp3) is 0.316. The van der Waals surface area contributed by atoms with Gasteiger partial charge in [0.1, 0.15) is 17.7 Å². The van der Waals surface area contributed by atoms with Crippen LogP contribution >= 0.6 is 12.4 Å². The molecule has 0 heterocycles. The number of benzene rings is 2. The van der Waals surface area contributed by atoms with E-state index in [2.05, 4.69) is 5.32 Å². The summed E-state index contributed by atoms with van der Waals surface area (Å²) in [5, 5.41) is 2.83. The summed E-state index contributed by atoms with van der Waals surface area (Å²) in [5.41, 5.74) is 7.07. The first kappa shape index (κ1) is 20.9. The Morgan fingerprint density at radius 3 is 2.48 bits per heavy atom. The lowest BCUT2D eigenvalue weighted by Crippen LogP contribution is -2.40. The molecule has 3 N–H and O–H groups in total. The van der Waals surface area contributed by atoms with E-state index in [4.69, 9.17) is 10.5 Å². The van der Waals surface area contributed by atoms with Crippen molar-refractivity contribution >= 4 is 18.3 Å². The third-order valence-corrected chi connectivity index (χ3v) is 3.83. The fourth-order valence-corrected chi connectivity index (χ4v) is 2.35. The van der Waals surface area contributed by atoms with Crippen molar-refractivity contribution in [2.75, 3.05) is 6.54 Å². The van der Waals surface area contributed by atoms with Crippen LogP contribution in [0, 0.1) is 11.7 Å². The minimum Gasteiger partial charge on any atom is -0.489 e. The minimum atomic E-state index is -0.370. The maximum atomic E-state index is 13.1. The number of nitrogens with two attached hydrogens (primary N) is 1. The van der Waals surface area contributed by atoms with Gasteiger partial charge in [-0.25, -0.2) is 4.39 Å². The van der Waals surface area contributed by atoms with E-state index < -0.39 is 0 Å². The Labute approximate surface area is 154 Å². The number of hydrogen-bond donors (Lipinski definition) is 2. The Kier molecular flexibility index (Phi) is 8.38. The molecular weight excluding hydrogens is 343 g/mol. The number of halogens is 2. The minimum absolute atomic E-state index is 0. The molecule has 3 atom stereocenters. The zero-order chi connectivity index (χ0) is 17.5. The maximum absolute atomic E-state index is 13.1. The van der Waals surface area contributed by atoms with Gasteiger partial charge in [-0.1, -0.05) is 43.3 Å². The molecule has 136 valence electrons. The molecule has 0 aliphatic carbocycles. The number of rotatable bonds is 7. The highest BCUT2D eigenvalue weighted by molar-refractivity contribution is 5.85. The first-order chi connectivity index (χ1) is 11.5. The van der Waals surface area contributed by atoms with Crippen molar-refractivity contribution in [1.29, 1.82) is 0 Å². The van der Waals surface area contributed by atoms with Gasteiger partial charge in [0, 0.05) is 12.1 Å². The smallest absolute Gasteiger partial charge is 0.224 e. The number of ether oxygens (including phenoxy) is 1. The number of amides is 1. The second kappa shape index (κ2) is 10.0. The lowest BCUT2D eigenvalue weighted by molar-refractivity contribution is -0.125. The van der Waals surface area contributed by atoms with E-state index in [1.54, 1.807) is 19.1 Å². The van der Waals surface area contributed by atoms with Gasteiger partial charge in [-0.3, -0.25) is 4.79 Å². The molecule has 2 aromatic rings. The first-order valence-corrected chi connectivity index (χ1v) is 7.98. The van der Waals surface area contributed by atoms with Crippen molar-refractivity contribution < 1.29 is 13.9 Å². The number of nitrogens with one attached hydrogen (secondary N) is 1. The van der Waals surface area contributed by atoms with Gasteiger partial charge in [-0.05, 0) is 24.6 Å². The van der Waals surface area contributed by atoms with Crippen LogP contribution in [0.4, 0.5) is 4.39 Å². The highest BCUT2D eigenvalue weighted by Crippen LogP contribution is 2.19. The van der Waals surface area contributed by atoms with E-state index in [-0.39, 0.29) is 42.2 Å². The predicted molar refractivity (Wildman–Crippen MR) is 99.3 cm³/mol. The highest BCUT2D eigenvalue weighted by Gasteiger charge is 2.22. The lowest BCUT2D eigenvalue weighted by atomic mass is 9.94. The van der Waals surface area contributed by atoms with Gasteiger partial charge in [0.15, 0.2) is 0 Å². The van der Waals surface area contributed by atoms with Crippen LogP contribution in [0.3, 0.4) is 0 Å². The molecule has 6 heteroatoms. The molecule has 0 aliphatic rings. The summed E-state index contributed by atoms with van der Waals surface area (Å²) in [7, 11) is 0. The van der Waals surface area contributed by atoms with Crippen molar-refractivity contribution in [2.45, 2.75) is 26.0 Å². The molecule has 0 radical (unpaired) electrons. The molecule has 2 rings (SSSR count). The fourth-order valence-electron chi connectivity index (χ4n) is 2.35. The van der Waals surface area contributed by atoms with Gasteiger partial charge in [0.25, 0.3) is 0 Å². The van der Waals surface area contributed by atoms with E-state index in [9.17, 15) is 9.18 Å². The molecule has 0 bridgehead atoms. The summed E-state index contributed by atoms with van der Waals surface area (Å²) in [6, 6.07) is 15.1. The second-order valence-corrected chi connectivity index (χ2v) is 5.86. The van der Waals surface area contributed by atoms with E-state index >= 15 is 0 Å². The molecule has 0 spiro atoms. The molecule has 0 saturated carbocycles. The second-order valence-electron chi connectivity index (χ2n) is 5.86. The van der Waals surface area contributed by atoms with Crippen LogP contribution in [-0.2, 0) is 4.79 Å². The third-order valence-electron chi connectivity index (χ3n) is 3.83. The van der Waals surface area contributed by atoms with E-state index in [1.165, 1.54) is 12.1 Å². The number of carbonyl (C=O) groups excluding carboxylic acids is 1. The molecule has 0 fully saturated rings. The quantitative estimate of drug-likeness (QED) is 0.788. The van der Waals surface area contributed by atoms with E-state index in [0.29, 0.717) is 12.3 Å². The average Bonchev–Trinajstić information content (AvgIpc) is 2.59. The van der Waals surface area contributed by atoms with Gasteiger partial charge in [0.05, 0.1) is 12.5 Å². The van der Waals surface area contributed by atoms with Gasteiger partial charge in [-0.2, -0.15) is 0 Å². The van der Waals surface area contributed by atoms with Crippen LogP contribution in [0.2, 0.25) is 0 Å². The van der Waals surface area contributed by atoms with Crippen molar-refractivity contribution in [3.63, 3.8) is 0 Å². The third kappa shape index (κ3) is 6.36. The van der Waals surface area contributed by atoms with Crippen LogP contribution in [0.25, 0.3) is 0 Å². The van der Waals surface area contributed by atoms with Crippen LogP contribution < -0.4 is 15.8 Å². The average molecular weight is 367 g/mol. The monoisotopic (exact) mass is 366 g/mol. The molecule has 2 aromatic carbocycles. The van der Waals surface area contributed by atoms with E-state index in [0.717, 1.165) is 5.56 Å². The first-order valence-electron chi connectivity index (χ1n) is 7.98. The van der Waals surface area contributed by atoms with Crippen LogP contribution in [0.5, 0.6) is 5.75 Å². The Balaban J connectivity index is 0.00000312. The van der Waals surface area contributed by atoms with Gasteiger partial charge >= 0.3 is 0 Å². The highest BCUT2D eigenvalue weighted by atomic mass is 35.5. The maximum Gasteiger partial charge on any atom is 0.224 e. The summed E-state index contributed by atoms with van der Waals surface area (Å²) >= 11 is 0. The summed E-state index contributed by atoms with van der Waals surface area (Å²) < 4.78 is 18.7. The number of hydrogen-bond acceptors (Lipinski definition) is 3. The largest absolute Gasteiger partial charge is 0.489 e. The Hall–Kier alpha value is -2.11. The zero-order valence-corrected chi connectivity index (χ0v) is 15.1. The van der Waals surface area contributed by atoms with Crippen molar-refractivity contribution in [2.24, 2.45) is 11.7 Å². The van der Waals surface area contributed by atoms with Crippen molar-refractivity contribution in [3.8, 4) is 5.75 Å². The standard InChI is InChI=1S/C19H23FN2O2.ClH/c1-13(24-17-10-6-9-16(20)11-17)12-22-19(23)14(2)18(21)15-7-4-3-5-8-15;/h3-11,13-14,18H,12,21H2,1-2H3,(H,22,23);1H. The zero-order valence-electron chi connectivity index (χ0n) is 14.3. The summed E-state index contributed by atoms with van der Waals surface area (Å²) in [5.74, 6) is -0.424. The van der Waals surface area contributed by atoms with Gasteiger partial charge in [-0.15, -0.1) is 12.4 Å². The Morgan fingerprint density at radius 1 is 1.16 bits per heavy atom. The normalized spacial score (nSPS) is 13.9. The van der Waals surface area contributed by atoms with Crippen LogP contribution in [0.15, 0.2) is 54.6 Å². The number of carbonyl (C=O) groups is 1. The van der Waals surface area contributed by atoms with Gasteiger partial charge < -0.3 is 15.8 Å². The van der Waals surface area contributed by atoms with Crippen molar-refractivity contribution in [3.05, 3.63) is 66.0 Å². The molecule has 0 aromatic heterocycles. The van der Waals surface area contributed by atoms with Gasteiger partial charge in [0.2, 0.25) is 5.91 Å². The molecule has 25 heavy (non-hydrogen) atoms. The van der Waals surface area contributed by atoms with E-state index in [1.807, 2.05) is 37.3 Å². The molecule has 0 aliphatic heterocycles. The SMILES string of the molecule is CC(CNC(=O)C(C)C(N)c1ccccc1)Oc1cccc(F)c1.Cl. The molecule has 3 unspecified atom stereocenters. The summed E-state index contributed by atoms with van der Waals surface area (Å²) in [4.78, 5) is 12.3. The molecule has 1 amide bonds. The lowest BCUT2D eigenvalue weighted by Gasteiger charge is -2.21. The molecule has 4 nitrogen and oxygen atoms in total. The Morgan fingerprint density at radius 2 is 1.84 bits per heavy atom. The van der Waals surface area contributed by atoms with Crippen molar-refractivity contribution in [1.82, 2.24) is 5.32 Å². The van der Waals surface area contributed by atoms with Crippen LogP contribution in [0.1, 0.15) is 25.5 Å². The Bertz CT molecular complexity index is 669. The molecule has 0 saturated heterocycles. The summed E-state index contributed by atoms with van der Waals surface area (Å²) in [6.07, 6.45) is -0.282. The topological polar surface area (TPSA) is 64.4 Å².